The van der Waals surface area contributed by atoms with E-state index in [1.165, 1.54) is 16.2 Å². The van der Waals surface area contributed by atoms with Crippen molar-refractivity contribution in [2.45, 2.75) is 6.42 Å². The molecule has 0 radical (unpaired) electrons. The Bertz CT molecular complexity index is 820. The standard InChI is InChI=1S/C16H12ClF3N2O2S/c17-10-2-4-25-14(10)16(24)22-3-1-8(7-22)15(23)21-9-5-11(18)13(20)12(19)6-9/h2,4-6,8H,1,3,7H2,(H,21,23)/t8-/m0/s1. The molecule has 1 aliphatic rings. The lowest BCUT2D eigenvalue weighted by atomic mass is 10.1. The fraction of sp³-hybridized carbons (Fsp3) is 0.250. The van der Waals surface area contributed by atoms with Gasteiger partial charge in [0.05, 0.1) is 10.9 Å². The lowest BCUT2D eigenvalue weighted by molar-refractivity contribution is -0.119. The van der Waals surface area contributed by atoms with E-state index >= 15 is 0 Å². The molecule has 1 N–H and O–H groups in total. The fourth-order valence-electron chi connectivity index (χ4n) is 2.62. The third kappa shape index (κ3) is 3.64. The number of amides is 2. The predicted octanol–water partition coefficient (Wildman–Crippen LogP) is 3.92. The number of hydrogen-bond donors (Lipinski definition) is 1. The van der Waals surface area contributed by atoms with Crippen molar-refractivity contribution in [2.75, 3.05) is 18.4 Å². The van der Waals surface area contributed by atoms with E-state index in [0.29, 0.717) is 35.0 Å². The number of anilines is 1. The van der Waals surface area contributed by atoms with Crippen molar-refractivity contribution in [3.63, 3.8) is 0 Å². The Labute approximate surface area is 150 Å². The molecule has 3 rings (SSSR count). The van der Waals surface area contributed by atoms with Crippen LogP contribution in [0.3, 0.4) is 0 Å². The van der Waals surface area contributed by atoms with Crippen LogP contribution < -0.4 is 5.32 Å². The molecule has 0 spiro atoms. The van der Waals surface area contributed by atoms with Gasteiger partial charge in [-0.2, -0.15) is 0 Å². The van der Waals surface area contributed by atoms with Crippen LogP contribution in [0.1, 0.15) is 16.1 Å². The van der Waals surface area contributed by atoms with Crippen LogP contribution in [-0.4, -0.2) is 29.8 Å². The van der Waals surface area contributed by atoms with Gasteiger partial charge in [0.2, 0.25) is 5.91 Å². The quantitative estimate of drug-likeness (QED) is 0.810. The van der Waals surface area contributed by atoms with Crippen LogP contribution in [0.2, 0.25) is 5.02 Å². The Morgan fingerprint density at radius 1 is 1.24 bits per heavy atom. The molecule has 2 amide bonds. The third-order valence-electron chi connectivity index (χ3n) is 3.91. The Balaban J connectivity index is 1.65. The predicted molar refractivity (Wildman–Crippen MR) is 88.3 cm³/mol. The summed E-state index contributed by atoms with van der Waals surface area (Å²) in [5.41, 5.74) is -0.174. The van der Waals surface area contributed by atoms with Gasteiger partial charge in [-0.3, -0.25) is 9.59 Å². The van der Waals surface area contributed by atoms with Crippen LogP contribution in [0.5, 0.6) is 0 Å². The number of halogens is 4. The van der Waals surface area contributed by atoms with Crippen molar-refractivity contribution in [3.8, 4) is 0 Å². The molecular formula is C16H12ClF3N2O2S. The van der Waals surface area contributed by atoms with Gasteiger partial charge in [0.15, 0.2) is 17.5 Å². The maximum atomic E-state index is 13.2. The summed E-state index contributed by atoms with van der Waals surface area (Å²) in [6, 6.07) is 3.04. The molecule has 2 aromatic rings. The van der Waals surface area contributed by atoms with Crippen LogP contribution in [-0.2, 0) is 4.79 Å². The second-order valence-electron chi connectivity index (χ2n) is 5.58. The summed E-state index contributed by atoms with van der Waals surface area (Å²) in [6.07, 6.45) is 0.409. The average Bonchev–Trinajstić information content (AvgIpc) is 3.21. The minimum absolute atomic E-state index is 0.172. The van der Waals surface area contributed by atoms with Gasteiger partial charge in [0.1, 0.15) is 4.88 Å². The number of nitrogens with zero attached hydrogens (tertiary/aromatic N) is 1. The SMILES string of the molecule is O=C(Nc1cc(F)c(F)c(F)c1)[C@H]1CCN(C(=O)c2sccc2Cl)C1. The monoisotopic (exact) mass is 388 g/mol. The van der Waals surface area contributed by atoms with Crippen LogP contribution in [0.25, 0.3) is 0 Å². The zero-order valence-electron chi connectivity index (χ0n) is 12.7. The summed E-state index contributed by atoms with van der Waals surface area (Å²) in [5, 5.41) is 4.41. The van der Waals surface area contributed by atoms with E-state index in [1.807, 2.05) is 0 Å². The molecule has 4 nitrogen and oxygen atoms in total. The first kappa shape index (κ1) is 17.8. The van der Waals surface area contributed by atoms with Crippen LogP contribution >= 0.6 is 22.9 Å². The first-order valence-corrected chi connectivity index (χ1v) is 8.60. The average molecular weight is 389 g/mol. The summed E-state index contributed by atoms with van der Waals surface area (Å²) < 4.78 is 39.3. The van der Waals surface area contributed by atoms with Gasteiger partial charge < -0.3 is 10.2 Å². The topological polar surface area (TPSA) is 49.4 Å². The van der Waals surface area contributed by atoms with E-state index in [2.05, 4.69) is 5.32 Å². The number of nitrogens with one attached hydrogen (secondary N) is 1. The van der Waals surface area contributed by atoms with Crippen LogP contribution in [0.15, 0.2) is 23.6 Å². The minimum Gasteiger partial charge on any atom is -0.337 e. The highest BCUT2D eigenvalue weighted by molar-refractivity contribution is 7.12. The molecule has 0 bridgehead atoms. The highest BCUT2D eigenvalue weighted by Gasteiger charge is 2.32. The molecule has 0 aliphatic carbocycles. The maximum Gasteiger partial charge on any atom is 0.265 e. The summed E-state index contributed by atoms with van der Waals surface area (Å²) >= 11 is 7.16. The molecular weight excluding hydrogens is 377 g/mol. The Morgan fingerprint density at radius 3 is 2.52 bits per heavy atom. The Kier molecular flexibility index (Phi) is 5.01. The molecule has 9 heteroatoms. The third-order valence-corrected chi connectivity index (χ3v) is 5.24. The zero-order valence-corrected chi connectivity index (χ0v) is 14.3. The van der Waals surface area contributed by atoms with E-state index in [1.54, 1.807) is 11.4 Å². The van der Waals surface area contributed by atoms with Crippen molar-refractivity contribution in [3.05, 3.63) is 50.9 Å². The lowest BCUT2D eigenvalue weighted by Gasteiger charge is -2.16. The molecule has 25 heavy (non-hydrogen) atoms. The first-order valence-electron chi connectivity index (χ1n) is 7.34. The number of thiophene rings is 1. The molecule has 1 atom stereocenters. The van der Waals surface area contributed by atoms with Gasteiger partial charge in [-0.1, -0.05) is 11.6 Å². The Hall–Kier alpha value is -2.06. The molecule has 1 fully saturated rings. The molecule has 1 aromatic carbocycles. The number of hydrogen-bond acceptors (Lipinski definition) is 3. The fourth-order valence-corrected chi connectivity index (χ4v) is 3.72. The van der Waals surface area contributed by atoms with Crippen molar-refractivity contribution >= 4 is 40.4 Å². The molecule has 132 valence electrons. The van der Waals surface area contributed by atoms with Gasteiger partial charge in [-0.25, -0.2) is 13.2 Å². The van der Waals surface area contributed by atoms with Crippen LogP contribution in [0, 0.1) is 23.4 Å². The molecule has 1 saturated heterocycles. The number of likely N-dealkylation sites (tertiary alicyclic amines) is 1. The second-order valence-corrected chi connectivity index (χ2v) is 6.90. The largest absolute Gasteiger partial charge is 0.337 e. The number of rotatable bonds is 3. The maximum absolute atomic E-state index is 13.2. The molecule has 1 aromatic heterocycles. The van der Waals surface area contributed by atoms with Crippen molar-refractivity contribution < 1.29 is 22.8 Å². The van der Waals surface area contributed by atoms with Gasteiger partial charge in [-0.05, 0) is 17.9 Å². The normalized spacial score (nSPS) is 17.0. The lowest BCUT2D eigenvalue weighted by Crippen LogP contribution is -2.31. The Morgan fingerprint density at radius 2 is 1.92 bits per heavy atom. The summed E-state index contributed by atoms with van der Waals surface area (Å²) in [6.45, 7) is 0.544. The van der Waals surface area contributed by atoms with E-state index < -0.39 is 29.3 Å². The van der Waals surface area contributed by atoms with E-state index in [-0.39, 0.29) is 18.1 Å². The van der Waals surface area contributed by atoms with Crippen LogP contribution in [0.4, 0.5) is 18.9 Å². The first-order chi connectivity index (χ1) is 11.9. The van der Waals surface area contributed by atoms with E-state index in [0.717, 1.165) is 0 Å². The van der Waals surface area contributed by atoms with Gasteiger partial charge in [-0.15, -0.1) is 11.3 Å². The summed E-state index contributed by atoms with van der Waals surface area (Å²) in [4.78, 5) is 26.5. The van der Waals surface area contributed by atoms with E-state index in [4.69, 9.17) is 11.6 Å². The smallest absolute Gasteiger partial charge is 0.265 e. The van der Waals surface area contributed by atoms with Gasteiger partial charge >= 0.3 is 0 Å². The van der Waals surface area contributed by atoms with Gasteiger partial charge in [0.25, 0.3) is 5.91 Å². The van der Waals surface area contributed by atoms with Crippen molar-refractivity contribution in [2.24, 2.45) is 5.92 Å². The zero-order chi connectivity index (χ0) is 18.1. The molecule has 2 heterocycles. The second kappa shape index (κ2) is 7.05. The van der Waals surface area contributed by atoms with Crippen molar-refractivity contribution in [1.82, 2.24) is 4.90 Å². The summed E-state index contributed by atoms with van der Waals surface area (Å²) in [5.74, 6) is -5.63. The van der Waals surface area contributed by atoms with Crippen molar-refractivity contribution in [1.29, 1.82) is 0 Å². The number of benzene rings is 1. The number of carbonyl (C=O) groups is 2. The number of carbonyl (C=O) groups excluding carboxylic acids is 2. The minimum atomic E-state index is -1.59. The summed E-state index contributed by atoms with van der Waals surface area (Å²) in [7, 11) is 0. The highest BCUT2D eigenvalue weighted by atomic mass is 35.5. The molecule has 0 saturated carbocycles. The molecule has 0 unspecified atom stereocenters. The van der Waals surface area contributed by atoms with Gasteiger partial charge in [0, 0.05) is 30.9 Å². The molecule has 1 aliphatic heterocycles. The van der Waals surface area contributed by atoms with E-state index in [9.17, 15) is 22.8 Å². The highest BCUT2D eigenvalue weighted by Crippen LogP contribution is 2.27.